The van der Waals surface area contributed by atoms with Crippen molar-refractivity contribution in [3.63, 3.8) is 0 Å². The molecule has 0 amide bonds. The third kappa shape index (κ3) is 1.03. The highest BCUT2D eigenvalue weighted by molar-refractivity contribution is 7.17. The molecule has 0 N–H and O–H groups in total. The van der Waals surface area contributed by atoms with Gasteiger partial charge in [-0.1, -0.05) is 17.2 Å². The quantitative estimate of drug-likeness (QED) is 0.359. The molecule has 0 spiro atoms. The molecule has 0 aliphatic heterocycles. The molecule has 0 aliphatic carbocycles. The fourth-order valence-corrected chi connectivity index (χ4v) is 1.92. The number of hydrogen-bond donors (Lipinski definition) is 0. The Bertz CT molecular complexity index is 454. The second-order valence-corrected chi connectivity index (χ2v) is 3.25. The molecule has 4 heteroatoms. The van der Waals surface area contributed by atoms with E-state index in [-0.39, 0.29) is 0 Å². The summed E-state index contributed by atoms with van der Waals surface area (Å²) >= 11 is 1.64. The molecule has 1 heterocycles. The summed E-state index contributed by atoms with van der Waals surface area (Å²) in [6.45, 7) is 0. The monoisotopic (exact) mass is 175 g/mol. The number of azide groups is 1. The zero-order valence-corrected chi connectivity index (χ0v) is 6.95. The zero-order valence-electron chi connectivity index (χ0n) is 6.14. The van der Waals surface area contributed by atoms with Crippen molar-refractivity contribution in [1.82, 2.24) is 0 Å². The maximum atomic E-state index is 8.28. The molecule has 0 radical (unpaired) electrons. The highest BCUT2D eigenvalue weighted by Crippen LogP contribution is 2.29. The number of thiophene rings is 1. The van der Waals surface area contributed by atoms with E-state index in [4.69, 9.17) is 5.53 Å². The van der Waals surface area contributed by atoms with Crippen LogP contribution in [0.4, 0.5) is 5.69 Å². The largest absolute Gasteiger partial charge is 0.144 e. The van der Waals surface area contributed by atoms with Crippen molar-refractivity contribution in [2.24, 2.45) is 5.11 Å². The lowest BCUT2D eigenvalue weighted by atomic mass is 10.2. The molecule has 0 saturated heterocycles. The Balaban J connectivity index is 2.81. The minimum Gasteiger partial charge on any atom is -0.144 e. The van der Waals surface area contributed by atoms with Crippen LogP contribution in [-0.4, -0.2) is 0 Å². The summed E-state index contributed by atoms with van der Waals surface area (Å²) in [4.78, 5) is 2.77. The maximum Gasteiger partial charge on any atom is 0.0462 e. The van der Waals surface area contributed by atoms with Crippen molar-refractivity contribution in [3.8, 4) is 0 Å². The van der Waals surface area contributed by atoms with Crippen LogP contribution in [0.2, 0.25) is 0 Å². The van der Waals surface area contributed by atoms with Gasteiger partial charge in [0.15, 0.2) is 0 Å². The van der Waals surface area contributed by atoms with Gasteiger partial charge in [-0.2, -0.15) is 0 Å². The number of fused-ring (bicyclic) bond motifs is 1. The van der Waals surface area contributed by atoms with Crippen LogP contribution in [0, 0.1) is 0 Å². The van der Waals surface area contributed by atoms with Crippen LogP contribution < -0.4 is 0 Å². The topological polar surface area (TPSA) is 48.8 Å². The summed E-state index contributed by atoms with van der Waals surface area (Å²) in [5.74, 6) is 0. The zero-order chi connectivity index (χ0) is 8.39. The first kappa shape index (κ1) is 7.16. The lowest BCUT2D eigenvalue weighted by molar-refractivity contribution is 1.52. The Kier molecular flexibility index (Phi) is 1.70. The molecule has 58 valence electrons. The van der Waals surface area contributed by atoms with Gasteiger partial charge in [0, 0.05) is 20.7 Å². The molecular weight excluding hydrogens is 170 g/mol. The van der Waals surface area contributed by atoms with Gasteiger partial charge in [0.25, 0.3) is 0 Å². The molecule has 2 rings (SSSR count). The van der Waals surface area contributed by atoms with Gasteiger partial charge in [-0.25, -0.2) is 0 Å². The Hall–Kier alpha value is -1.51. The summed E-state index contributed by atoms with van der Waals surface area (Å²) in [7, 11) is 0. The van der Waals surface area contributed by atoms with Crippen molar-refractivity contribution in [1.29, 1.82) is 0 Å². The van der Waals surface area contributed by atoms with Crippen molar-refractivity contribution in [2.45, 2.75) is 0 Å². The van der Waals surface area contributed by atoms with E-state index in [0.717, 1.165) is 10.1 Å². The van der Waals surface area contributed by atoms with E-state index in [2.05, 4.69) is 10.0 Å². The van der Waals surface area contributed by atoms with E-state index in [9.17, 15) is 0 Å². The Morgan fingerprint density at radius 2 is 2.25 bits per heavy atom. The van der Waals surface area contributed by atoms with Gasteiger partial charge in [-0.05, 0) is 23.0 Å². The van der Waals surface area contributed by atoms with Crippen molar-refractivity contribution < 1.29 is 0 Å². The lowest BCUT2D eigenvalue weighted by Crippen LogP contribution is -1.62. The highest BCUT2D eigenvalue weighted by atomic mass is 32.1. The smallest absolute Gasteiger partial charge is 0.0462 e. The first-order valence-corrected chi connectivity index (χ1v) is 4.31. The van der Waals surface area contributed by atoms with E-state index < -0.39 is 0 Å². The molecule has 0 fully saturated rings. The molecule has 2 aromatic rings. The Morgan fingerprint density at radius 3 is 3.08 bits per heavy atom. The second kappa shape index (κ2) is 2.85. The van der Waals surface area contributed by atoms with Crippen molar-refractivity contribution in [3.05, 3.63) is 40.1 Å². The average molecular weight is 175 g/mol. The molecule has 0 atom stereocenters. The molecule has 1 aromatic carbocycles. The van der Waals surface area contributed by atoms with Crippen LogP contribution in [0.15, 0.2) is 34.8 Å². The predicted octanol–water partition coefficient (Wildman–Crippen LogP) is 3.84. The SMILES string of the molecule is [N-]=[N+]=Nc1cccc2sccc12. The number of hydrogen-bond acceptors (Lipinski definition) is 2. The fourth-order valence-electron chi connectivity index (χ4n) is 1.11. The lowest BCUT2D eigenvalue weighted by Gasteiger charge is -1.92. The molecular formula is C8H5N3S. The van der Waals surface area contributed by atoms with Crippen LogP contribution in [0.25, 0.3) is 20.5 Å². The normalized spacial score (nSPS) is 9.67. The number of nitrogens with zero attached hydrogens (tertiary/aromatic N) is 3. The van der Waals surface area contributed by atoms with Gasteiger partial charge < -0.3 is 0 Å². The van der Waals surface area contributed by atoms with Gasteiger partial charge in [0.2, 0.25) is 0 Å². The minimum atomic E-state index is 0.705. The maximum absolute atomic E-state index is 8.28. The van der Waals surface area contributed by atoms with Crippen molar-refractivity contribution >= 4 is 27.1 Å². The van der Waals surface area contributed by atoms with E-state index in [0.29, 0.717) is 5.69 Å². The van der Waals surface area contributed by atoms with Gasteiger partial charge in [0.05, 0.1) is 0 Å². The average Bonchev–Trinajstić information content (AvgIpc) is 2.53. The summed E-state index contributed by atoms with van der Waals surface area (Å²) < 4.78 is 1.15. The first-order chi connectivity index (χ1) is 5.92. The van der Waals surface area contributed by atoms with E-state index >= 15 is 0 Å². The molecule has 1 aromatic heterocycles. The third-order valence-electron chi connectivity index (χ3n) is 1.63. The van der Waals surface area contributed by atoms with Gasteiger partial charge in [-0.15, -0.1) is 11.3 Å². The summed E-state index contributed by atoms with van der Waals surface area (Å²) in [5, 5.41) is 6.61. The second-order valence-electron chi connectivity index (χ2n) is 2.30. The van der Waals surface area contributed by atoms with Gasteiger partial charge >= 0.3 is 0 Å². The van der Waals surface area contributed by atoms with Crippen molar-refractivity contribution in [2.75, 3.05) is 0 Å². The Labute approximate surface area is 72.9 Å². The molecule has 3 nitrogen and oxygen atoms in total. The number of benzene rings is 1. The van der Waals surface area contributed by atoms with Crippen LogP contribution in [0.1, 0.15) is 0 Å². The van der Waals surface area contributed by atoms with Crippen LogP contribution in [0.3, 0.4) is 0 Å². The molecule has 0 aliphatic rings. The Morgan fingerprint density at radius 1 is 1.33 bits per heavy atom. The molecule has 0 saturated carbocycles. The standard InChI is InChI=1S/C8H5N3S/c9-11-10-7-2-1-3-8-6(7)4-5-12-8/h1-5H. The van der Waals surface area contributed by atoms with E-state index in [1.807, 2.05) is 29.6 Å². The van der Waals surface area contributed by atoms with Crippen LogP contribution in [-0.2, 0) is 0 Å². The highest BCUT2D eigenvalue weighted by Gasteiger charge is 1.97. The molecule has 12 heavy (non-hydrogen) atoms. The fraction of sp³-hybridized carbons (Fsp3) is 0. The summed E-state index contributed by atoms with van der Waals surface area (Å²) in [6, 6.07) is 7.68. The van der Waals surface area contributed by atoms with Crippen LogP contribution >= 0.6 is 11.3 Å². The van der Waals surface area contributed by atoms with Gasteiger partial charge in [-0.3, -0.25) is 0 Å². The van der Waals surface area contributed by atoms with E-state index in [1.165, 1.54) is 0 Å². The molecule has 0 unspecified atom stereocenters. The summed E-state index contributed by atoms with van der Waals surface area (Å²) in [5.41, 5.74) is 8.98. The molecule has 0 bridgehead atoms. The third-order valence-corrected chi connectivity index (χ3v) is 2.51. The minimum absolute atomic E-state index is 0.705. The van der Waals surface area contributed by atoms with Crippen LogP contribution in [0.5, 0.6) is 0 Å². The predicted molar refractivity (Wildman–Crippen MR) is 50.6 cm³/mol. The first-order valence-electron chi connectivity index (χ1n) is 3.43. The number of rotatable bonds is 1. The van der Waals surface area contributed by atoms with Gasteiger partial charge in [0.1, 0.15) is 0 Å². The van der Waals surface area contributed by atoms with E-state index in [1.54, 1.807) is 11.3 Å². The summed E-state index contributed by atoms with van der Waals surface area (Å²) in [6.07, 6.45) is 0.